The SMILES string of the molecule is COc1ccc(C(=O)OC[C@H]2CO2)cc1OC. The molecule has 1 aromatic carbocycles. The summed E-state index contributed by atoms with van der Waals surface area (Å²) in [7, 11) is 3.06. The second-order valence-electron chi connectivity index (χ2n) is 3.62. The van der Waals surface area contributed by atoms with Crippen LogP contribution >= 0.6 is 0 Å². The molecule has 0 radical (unpaired) electrons. The van der Waals surface area contributed by atoms with Crippen molar-refractivity contribution in [3.63, 3.8) is 0 Å². The molecule has 0 unspecified atom stereocenters. The van der Waals surface area contributed by atoms with Crippen molar-refractivity contribution in [2.45, 2.75) is 6.10 Å². The van der Waals surface area contributed by atoms with Gasteiger partial charge in [0.1, 0.15) is 12.7 Å². The van der Waals surface area contributed by atoms with E-state index in [1.165, 1.54) is 7.11 Å². The number of hydrogen-bond acceptors (Lipinski definition) is 5. The van der Waals surface area contributed by atoms with E-state index in [1.54, 1.807) is 25.3 Å². The smallest absolute Gasteiger partial charge is 0.338 e. The van der Waals surface area contributed by atoms with Gasteiger partial charge in [0.05, 0.1) is 26.4 Å². The van der Waals surface area contributed by atoms with E-state index < -0.39 is 0 Å². The minimum Gasteiger partial charge on any atom is -0.493 e. The summed E-state index contributed by atoms with van der Waals surface area (Å²) in [6.07, 6.45) is 0.0686. The number of benzene rings is 1. The Balaban J connectivity index is 2.05. The van der Waals surface area contributed by atoms with E-state index in [2.05, 4.69) is 0 Å². The summed E-state index contributed by atoms with van der Waals surface area (Å²) in [6.45, 7) is 0.965. The molecule has 0 aromatic heterocycles. The van der Waals surface area contributed by atoms with Crippen LogP contribution in [0, 0.1) is 0 Å². The number of ether oxygens (including phenoxy) is 4. The largest absolute Gasteiger partial charge is 0.493 e. The number of epoxide rings is 1. The third kappa shape index (κ3) is 2.88. The number of rotatable bonds is 5. The number of carbonyl (C=O) groups excluding carboxylic acids is 1. The standard InChI is InChI=1S/C12H14O5/c1-14-10-4-3-8(5-11(10)15-2)12(13)17-7-9-6-16-9/h3-5,9H,6-7H2,1-2H3/t9-/m1/s1. The molecule has 0 saturated carbocycles. The fourth-order valence-electron chi connectivity index (χ4n) is 1.38. The topological polar surface area (TPSA) is 57.3 Å². The maximum absolute atomic E-state index is 11.7. The van der Waals surface area contributed by atoms with E-state index in [-0.39, 0.29) is 12.1 Å². The molecule has 5 nitrogen and oxygen atoms in total. The first-order valence-corrected chi connectivity index (χ1v) is 5.25. The van der Waals surface area contributed by atoms with Gasteiger partial charge in [-0.2, -0.15) is 0 Å². The predicted octanol–water partition coefficient (Wildman–Crippen LogP) is 1.26. The van der Waals surface area contributed by atoms with E-state index in [0.717, 1.165) is 0 Å². The number of hydrogen-bond donors (Lipinski definition) is 0. The van der Waals surface area contributed by atoms with Gasteiger partial charge in [-0.25, -0.2) is 4.79 Å². The van der Waals surface area contributed by atoms with Crippen molar-refractivity contribution in [3.05, 3.63) is 23.8 Å². The van der Waals surface area contributed by atoms with Gasteiger partial charge in [0.25, 0.3) is 0 Å². The second kappa shape index (κ2) is 5.05. The van der Waals surface area contributed by atoms with Crippen LogP contribution < -0.4 is 9.47 Å². The van der Waals surface area contributed by atoms with Crippen LogP contribution in [0.4, 0.5) is 0 Å². The average molecular weight is 238 g/mol. The highest BCUT2D eigenvalue weighted by molar-refractivity contribution is 5.90. The van der Waals surface area contributed by atoms with Crippen LogP contribution in [0.2, 0.25) is 0 Å². The molecule has 0 amide bonds. The number of methoxy groups -OCH3 is 2. The minimum absolute atomic E-state index is 0.0686. The molecule has 0 bridgehead atoms. The van der Waals surface area contributed by atoms with Gasteiger partial charge in [-0.15, -0.1) is 0 Å². The van der Waals surface area contributed by atoms with Gasteiger partial charge in [0.2, 0.25) is 0 Å². The lowest BCUT2D eigenvalue weighted by atomic mass is 10.2. The van der Waals surface area contributed by atoms with Gasteiger partial charge in [-0.05, 0) is 18.2 Å². The zero-order chi connectivity index (χ0) is 12.3. The van der Waals surface area contributed by atoms with Crippen LogP contribution in [0.15, 0.2) is 18.2 Å². The molecule has 1 fully saturated rings. The highest BCUT2D eigenvalue weighted by Gasteiger charge is 2.24. The van der Waals surface area contributed by atoms with Gasteiger partial charge in [-0.3, -0.25) is 0 Å². The summed E-state index contributed by atoms with van der Waals surface area (Å²) >= 11 is 0. The molecule has 0 N–H and O–H groups in total. The lowest BCUT2D eigenvalue weighted by Crippen LogP contribution is -2.10. The highest BCUT2D eigenvalue weighted by atomic mass is 16.6. The lowest BCUT2D eigenvalue weighted by Gasteiger charge is -2.09. The number of esters is 1. The predicted molar refractivity (Wildman–Crippen MR) is 59.6 cm³/mol. The fourth-order valence-corrected chi connectivity index (χ4v) is 1.38. The van der Waals surface area contributed by atoms with E-state index in [4.69, 9.17) is 18.9 Å². The molecule has 1 aromatic rings. The van der Waals surface area contributed by atoms with Gasteiger partial charge >= 0.3 is 5.97 Å². The molecular formula is C12H14O5. The van der Waals surface area contributed by atoms with Crippen LogP contribution in [-0.4, -0.2) is 39.5 Å². The third-order valence-corrected chi connectivity index (χ3v) is 2.42. The number of carbonyl (C=O) groups is 1. The van der Waals surface area contributed by atoms with Crippen molar-refractivity contribution in [2.75, 3.05) is 27.4 Å². The molecule has 0 spiro atoms. The van der Waals surface area contributed by atoms with Crippen LogP contribution in [0.3, 0.4) is 0 Å². The first kappa shape index (κ1) is 11.7. The van der Waals surface area contributed by atoms with Crippen molar-refractivity contribution in [3.8, 4) is 11.5 Å². The molecule has 1 atom stereocenters. The maximum Gasteiger partial charge on any atom is 0.338 e. The van der Waals surface area contributed by atoms with Gasteiger partial charge in [-0.1, -0.05) is 0 Å². The van der Waals surface area contributed by atoms with Gasteiger partial charge < -0.3 is 18.9 Å². The Morgan fingerprint density at radius 3 is 2.65 bits per heavy atom. The summed E-state index contributed by atoms with van der Waals surface area (Å²) in [5.74, 6) is 0.695. The zero-order valence-electron chi connectivity index (χ0n) is 9.76. The molecule has 1 heterocycles. The molecule has 5 heteroatoms. The summed E-state index contributed by atoms with van der Waals surface area (Å²) in [6, 6.07) is 4.90. The summed E-state index contributed by atoms with van der Waals surface area (Å²) in [4.78, 5) is 11.7. The molecule has 1 saturated heterocycles. The van der Waals surface area contributed by atoms with Crippen LogP contribution in [-0.2, 0) is 9.47 Å². The molecule has 92 valence electrons. The summed E-state index contributed by atoms with van der Waals surface area (Å²) in [5.41, 5.74) is 0.434. The Labute approximate surface area is 99.2 Å². The van der Waals surface area contributed by atoms with Gasteiger partial charge in [0.15, 0.2) is 11.5 Å². The van der Waals surface area contributed by atoms with Gasteiger partial charge in [0, 0.05) is 0 Å². The molecule has 0 aliphatic carbocycles. The van der Waals surface area contributed by atoms with Crippen molar-refractivity contribution < 1.29 is 23.7 Å². The molecule has 17 heavy (non-hydrogen) atoms. The molecule has 2 rings (SSSR count). The Hall–Kier alpha value is -1.75. The Morgan fingerprint density at radius 1 is 1.35 bits per heavy atom. The summed E-state index contributed by atoms with van der Waals surface area (Å²) < 4.78 is 20.2. The van der Waals surface area contributed by atoms with Crippen LogP contribution in [0.5, 0.6) is 11.5 Å². The van der Waals surface area contributed by atoms with E-state index in [0.29, 0.717) is 30.3 Å². The zero-order valence-corrected chi connectivity index (χ0v) is 9.76. The van der Waals surface area contributed by atoms with Crippen molar-refractivity contribution in [1.82, 2.24) is 0 Å². The summed E-state index contributed by atoms with van der Waals surface area (Å²) in [5, 5.41) is 0. The first-order valence-electron chi connectivity index (χ1n) is 5.25. The monoisotopic (exact) mass is 238 g/mol. The van der Waals surface area contributed by atoms with E-state index in [9.17, 15) is 4.79 Å². The second-order valence-corrected chi connectivity index (χ2v) is 3.62. The van der Waals surface area contributed by atoms with E-state index in [1.807, 2.05) is 0 Å². The van der Waals surface area contributed by atoms with Crippen LogP contribution in [0.25, 0.3) is 0 Å². The molecule has 1 aliphatic heterocycles. The van der Waals surface area contributed by atoms with Crippen LogP contribution in [0.1, 0.15) is 10.4 Å². The van der Waals surface area contributed by atoms with Crippen molar-refractivity contribution in [2.24, 2.45) is 0 Å². The highest BCUT2D eigenvalue weighted by Crippen LogP contribution is 2.27. The Kier molecular flexibility index (Phi) is 3.49. The minimum atomic E-state index is -0.388. The van der Waals surface area contributed by atoms with E-state index >= 15 is 0 Å². The quantitative estimate of drug-likeness (QED) is 0.571. The molecular weight excluding hydrogens is 224 g/mol. The van der Waals surface area contributed by atoms with Crippen molar-refractivity contribution in [1.29, 1.82) is 0 Å². The average Bonchev–Trinajstić information content (AvgIpc) is 3.19. The van der Waals surface area contributed by atoms with Crippen molar-refractivity contribution >= 4 is 5.97 Å². The molecule has 1 aliphatic rings. The Bertz CT molecular complexity index is 411. The normalized spacial score (nSPS) is 17.4. The maximum atomic E-state index is 11.7. The third-order valence-electron chi connectivity index (χ3n) is 2.42. The Morgan fingerprint density at radius 2 is 2.06 bits per heavy atom. The first-order chi connectivity index (χ1) is 8.24. The fraction of sp³-hybridized carbons (Fsp3) is 0.417. The lowest BCUT2D eigenvalue weighted by molar-refractivity contribution is 0.0476.